The molecule has 0 aliphatic rings. The summed E-state index contributed by atoms with van der Waals surface area (Å²) in [6.07, 6.45) is -2.92. The number of rotatable bonds is 13. The van der Waals surface area contributed by atoms with Crippen molar-refractivity contribution >= 4 is 91.2 Å². The highest BCUT2D eigenvalue weighted by atomic mass is 127. The molecular weight excluding hydrogens is 811 g/mol. The van der Waals surface area contributed by atoms with Crippen LogP contribution in [0.4, 0.5) is 5.69 Å². The van der Waals surface area contributed by atoms with Gasteiger partial charge in [0.25, 0.3) is 11.8 Å². The lowest BCUT2D eigenvalue weighted by Crippen LogP contribution is -2.48. The van der Waals surface area contributed by atoms with Crippen molar-refractivity contribution in [3.63, 3.8) is 0 Å². The lowest BCUT2D eigenvalue weighted by Gasteiger charge is -2.25. The molecule has 3 amide bonds. The summed E-state index contributed by atoms with van der Waals surface area (Å²) in [6.45, 7) is -3.14. The molecule has 13 nitrogen and oxygen atoms in total. The van der Waals surface area contributed by atoms with Gasteiger partial charge in [0.1, 0.15) is 6.61 Å². The van der Waals surface area contributed by atoms with E-state index in [0.29, 0.717) is 0 Å². The largest absolute Gasteiger partial charge is 0.394 e. The highest BCUT2D eigenvalue weighted by molar-refractivity contribution is 14.1. The van der Waals surface area contributed by atoms with Crippen LogP contribution < -0.4 is 16.0 Å². The molecule has 0 radical (unpaired) electrons. The van der Waals surface area contributed by atoms with Crippen molar-refractivity contribution in [1.29, 1.82) is 0 Å². The number of hydrogen-bond acceptors (Lipinski definition) is 10. The predicted molar refractivity (Wildman–Crippen MR) is 148 cm³/mol. The van der Waals surface area contributed by atoms with Gasteiger partial charge in [-0.3, -0.25) is 14.4 Å². The number of carbonyl (C=O) groups is 3. The number of hydrogen-bond donors (Lipinski definition) is 9. The Balaban J connectivity index is 3.66. The van der Waals surface area contributed by atoms with Crippen molar-refractivity contribution in [3.8, 4) is 0 Å². The van der Waals surface area contributed by atoms with Crippen LogP contribution in [-0.4, -0.2) is 113 Å². The van der Waals surface area contributed by atoms with Crippen LogP contribution in [0.15, 0.2) is 0 Å². The molecule has 0 aliphatic carbocycles. The second-order valence-electron chi connectivity index (χ2n) is 7.07. The van der Waals surface area contributed by atoms with Crippen molar-refractivity contribution in [2.75, 3.05) is 45.5 Å². The van der Waals surface area contributed by atoms with Crippen LogP contribution in [0, 0.1) is 10.7 Å². The Morgan fingerprint density at radius 3 is 1.49 bits per heavy atom. The SMILES string of the molecule is COCC(=O)Nc1c(I)c(C(=O)NC(CO)C(O)CO)c(I)c(C(=O)NC(CO)C(O)CO)c1I. The van der Waals surface area contributed by atoms with E-state index in [-0.39, 0.29) is 34.1 Å². The average Bonchev–Trinajstić information content (AvgIpc) is 2.82. The van der Waals surface area contributed by atoms with Crippen LogP contribution in [0.3, 0.4) is 0 Å². The first-order valence-corrected chi connectivity index (χ1v) is 13.1. The summed E-state index contributed by atoms with van der Waals surface area (Å²) in [4.78, 5) is 38.5. The topological polar surface area (TPSA) is 218 Å². The van der Waals surface area contributed by atoms with Gasteiger partial charge in [-0.05, 0) is 67.8 Å². The molecule has 1 aromatic rings. The van der Waals surface area contributed by atoms with Gasteiger partial charge in [0, 0.05) is 10.7 Å². The van der Waals surface area contributed by atoms with E-state index in [1.807, 2.05) is 0 Å². The molecule has 0 fully saturated rings. The van der Waals surface area contributed by atoms with E-state index >= 15 is 0 Å². The van der Waals surface area contributed by atoms with Gasteiger partial charge in [-0.2, -0.15) is 0 Å². The number of nitrogens with one attached hydrogen (secondary N) is 3. The zero-order valence-corrected chi connectivity index (χ0v) is 24.8. The molecule has 0 aliphatic heterocycles. The summed E-state index contributed by atoms with van der Waals surface area (Å²) in [7, 11) is 1.31. The Labute approximate surface area is 241 Å². The van der Waals surface area contributed by atoms with Gasteiger partial charge in [0.15, 0.2) is 0 Å². The third kappa shape index (κ3) is 8.53. The minimum atomic E-state index is -1.46. The van der Waals surface area contributed by atoms with Crippen molar-refractivity contribution in [2.45, 2.75) is 24.3 Å². The molecule has 0 saturated carbocycles. The number of methoxy groups -OCH3 is 1. The fourth-order valence-corrected chi connectivity index (χ4v) is 7.16. The second kappa shape index (κ2) is 15.7. The first-order chi connectivity index (χ1) is 16.5. The molecular formula is C19H26I3N3O10. The number of halogens is 3. The minimum absolute atomic E-state index is 0.0728. The Kier molecular flexibility index (Phi) is 14.6. The third-order valence-electron chi connectivity index (χ3n) is 4.64. The molecule has 0 saturated heterocycles. The zero-order chi connectivity index (χ0) is 26.9. The molecule has 198 valence electrons. The number of aliphatic hydroxyl groups is 6. The van der Waals surface area contributed by atoms with Crippen molar-refractivity contribution in [1.82, 2.24) is 10.6 Å². The number of ether oxygens (including phenoxy) is 1. The second-order valence-corrected chi connectivity index (χ2v) is 10.3. The van der Waals surface area contributed by atoms with Crippen LogP contribution in [-0.2, 0) is 9.53 Å². The van der Waals surface area contributed by atoms with Crippen molar-refractivity contribution in [3.05, 3.63) is 21.8 Å². The number of amides is 3. The molecule has 0 spiro atoms. The molecule has 1 aromatic carbocycles. The van der Waals surface area contributed by atoms with Gasteiger partial charge >= 0.3 is 0 Å². The molecule has 9 N–H and O–H groups in total. The van der Waals surface area contributed by atoms with Gasteiger partial charge in [-0.15, -0.1) is 0 Å². The first-order valence-electron chi connectivity index (χ1n) is 9.89. The molecule has 4 atom stereocenters. The highest BCUT2D eigenvalue weighted by Gasteiger charge is 2.32. The molecule has 0 aromatic heterocycles. The molecule has 4 unspecified atom stereocenters. The van der Waals surface area contributed by atoms with Crippen molar-refractivity contribution < 1.29 is 49.8 Å². The van der Waals surface area contributed by atoms with E-state index in [0.717, 1.165) is 0 Å². The van der Waals surface area contributed by atoms with Crippen LogP contribution in [0.2, 0.25) is 0 Å². The number of anilines is 1. The van der Waals surface area contributed by atoms with E-state index in [1.54, 1.807) is 67.8 Å². The highest BCUT2D eigenvalue weighted by Crippen LogP contribution is 2.36. The fourth-order valence-electron chi connectivity index (χ4n) is 2.74. The normalized spacial score (nSPS) is 14.6. The summed E-state index contributed by atoms with van der Waals surface area (Å²) in [5, 5.41) is 64.3. The smallest absolute Gasteiger partial charge is 0.253 e. The van der Waals surface area contributed by atoms with Gasteiger partial charge in [-0.25, -0.2) is 0 Å². The first kappa shape index (κ1) is 32.6. The van der Waals surface area contributed by atoms with E-state index in [1.165, 1.54) is 7.11 Å². The minimum Gasteiger partial charge on any atom is -0.394 e. The molecule has 16 heteroatoms. The van der Waals surface area contributed by atoms with Crippen LogP contribution in [0.5, 0.6) is 0 Å². The molecule has 0 heterocycles. The van der Waals surface area contributed by atoms with Crippen LogP contribution in [0.25, 0.3) is 0 Å². The number of aliphatic hydroxyl groups excluding tert-OH is 6. The summed E-state index contributed by atoms with van der Waals surface area (Å²) < 4.78 is 5.41. The monoisotopic (exact) mass is 837 g/mol. The number of carbonyl (C=O) groups excluding carboxylic acids is 3. The summed E-state index contributed by atoms with van der Waals surface area (Å²) in [5.41, 5.74) is -0.0388. The average molecular weight is 837 g/mol. The van der Waals surface area contributed by atoms with E-state index < -0.39 is 68.4 Å². The van der Waals surface area contributed by atoms with Crippen LogP contribution >= 0.6 is 67.8 Å². The Morgan fingerprint density at radius 1 is 0.771 bits per heavy atom. The maximum Gasteiger partial charge on any atom is 0.253 e. The van der Waals surface area contributed by atoms with Crippen LogP contribution in [0.1, 0.15) is 20.7 Å². The van der Waals surface area contributed by atoms with E-state index in [9.17, 15) is 34.8 Å². The summed E-state index contributed by atoms with van der Waals surface area (Å²) in [6, 6.07) is -2.44. The van der Waals surface area contributed by atoms with Gasteiger partial charge < -0.3 is 51.3 Å². The third-order valence-corrected chi connectivity index (χ3v) is 7.88. The van der Waals surface area contributed by atoms with Gasteiger partial charge in [0.2, 0.25) is 5.91 Å². The lowest BCUT2D eigenvalue weighted by molar-refractivity contribution is -0.119. The van der Waals surface area contributed by atoms with E-state index in [2.05, 4.69) is 16.0 Å². The van der Waals surface area contributed by atoms with Gasteiger partial charge in [-0.1, -0.05) is 0 Å². The zero-order valence-electron chi connectivity index (χ0n) is 18.3. The Bertz CT molecular complexity index is 862. The maximum atomic E-state index is 13.1. The lowest BCUT2D eigenvalue weighted by atomic mass is 10.1. The number of benzene rings is 1. The summed E-state index contributed by atoms with van der Waals surface area (Å²) in [5.74, 6) is -2.20. The van der Waals surface area contributed by atoms with Crippen molar-refractivity contribution in [2.24, 2.45) is 0 Å². The standard InChI is InChI=1S/C19H26I3N3O10/c1-35-6-11(32)25-17-15(21)12(18(33)23-7(2-26)9(30)4-28)14(20)13(16(17)22)19(34)24-8(3-27)10(31)5-29/h7-10,26-31H,2-6H2,1H3,(H,23,33)(H,24,34)(H,25,32). The Hall–Kier alpha value is -0.460. The Morgan fingerprint density at radius 2 is 1.17 bits per heavy atom. The molecule has 1 rings (SSSR count). The molecule has 35 heavy (non-hydrogen) atoms. The maximum absolute atomic E-state index is 13.1. The van der Waals surface area contributed by atoms with Gasteiger partial charge in [0.05, 0.1) is 74.7 Å². The summed E-state index contributed by atoms with van der Waals surface area (Å²) >= 11 is 5.34. The quantitative estimate of drug-likeness (QED) is 0.0994. The predicted octanol–water partition coefficient (Wildman–Crippen LogP) is -2.03. The molecule has 0 bridgehead atoms. The van der Waals surface area contributed by atoms with E-state index in [4.69, 9.17) is 14.9 Å². The fraction of sp³-hybridized carbons (Fsp3) is 0.526.